The minimum absolute atomic E-state index is 0.899. The molecule has 0 fully saturated rings. The minimum atomic E-state index is 0.899. The molecule has 0 aliphatic carbocycles. The third-order valence-corrected chi connectivity index (χ3v) is 24.8. The van der Waals surface area contributed by atoms with Crippen LogP contribution in [-0.4, -0.2) is 9.13 Å². The summed E-state index contributed by atoms with van der Waals surface area (Å²) in [6, 6.07) is 174. The fourth-order valence-electron chi connectivity index (χ4n) is 18.6. The molecule has 0 bridgehead atoms. The van der Waals surface area contributed by atoms with Gasteiger partial charge in [0, 0.05) is 88.6 Å². The Morgan fingerprint density at radius 3 is 0.698 bits per heavy atom. The molecule has 0 aliphatic heterocycles. The van der Waals surface area contributed by atoms with Gasteiger partial charge in [0.1, 0.15) is 22.3 Å². The van der Waals surface area contributed by atoms with Crippen LogP contribution in [0.1, 0.15) is 0 Å². The van der Waals surface area contributed by atoms with E-state index in [4.69, 9.17) is 8.83 Å². The molecule has 0 aliphatic rings. The van der Waals surface area contributed by atoms with Crippen LogP contribution in [0, 0.1) is 0 Å². The Balaban J connectivity index is 0.000000145. The molecule has 0 saturated carbocycles. The Kier molecular flexibility index (Phi) is 18.8. The number of hydrogen-bond donors (Lipinski definition) is 0. The van der Waals surface area contributed by atoms with Gasteiger partial charge in [-0.3, -0.25) is 0 Å². The van der Waals surface area contributed by atoms with E-state index < -0.39 is 0 Å². The first-order chi connectivity index (χ1) is 62.4. The van der Waals surface area contributed by atoms with E-state index in [0.717, 1.165) is 117 Å². The molecule has 592 valence electrons. The van der Waals surface area contributed by atoms with Crippen molar-refractivity contribution >= 4 is 122 Å². The van der Waals surface area contributed by atoms with Crippen LogP contribution in [0.15, 0.2) is 494 Å². The second-order valence-electron chi connectivity index (χ2n) is 32.3. The molecule has 6 nitrogen and oxygen atoms in total. The first kappa shape index (κ1) is 74.3. The molecule has 4 aromatic heterocycles. The van der Waals surface area contributed by atoms with Crippen LogP contribution in [0.5, 0.6) is 0 Å². The average molecular weight is 1610 g/mol. The van der Waals surface area contributed by atoms with Gasteiger partial charge in [-0.25, -0.2) is 0 Å². The molecule has 0 atom stereocenters. The van der Waals surface area contributed by atoms with E-state index >= 15 is 0 Å². The first-order valence-electron chi connectivity index (χ1n) is 43.0. The molecule has 0 N–H and O–H groups in total. The van der Waals surface area contributed by atoms with Crippen LogP contribution >= 0.6 is 0 Å². The van der Waals surface area contributed by atoms with Crippen molar-refractivity contribution < 1.29 is 8.83 Å². The lowest BCUT2D eigenvalue weighted by atomic mass is 9.98. The summed E-state index contributed by atoms with van der Waals surface area (Å²) in [5.74, 6) is 0. The quantitative estimate of drug-likeness (QED) is 0.0967. The summed E-state index contributed by atoms with van der Waals surface area (Å²) in [5, 5.41) is 9.63. The van der Waals surface area contributed by atoms with E-state index in [9.17, 15) is 0 Å². The van der Waals surface area contributed by atoms with Gasteiger partial charge in [-0.1, -0.05) is 315 Å². The number of aromatic nitrogens is 2. The Bertz CT molecular complexity index is 8040. The normalized spacial score (nSPS) is 11.5. The lowest BCUT2D eigenvalue weighted by Crippen LogP contribution is -2.10. The van der Waals surface area contributed by atoms with Crippen molar-refractivity contribution in [2.75, 3.05) is 9.80 Å². The number of rotatable bonds is 16. The second-order valence-corrected chi connectivity index (χ2v) is 32.3. The van der Waals surface area contributed by atoms with Gasteiger partial charge in [0.25, 0.3) is 0 Å². The summed E-state index contributed by atoms with van der Waals surface area (Å²) >= 11 is 0. The van der Waals surface area contributed by atoms with Gasteiger partial charge in [-0.15, -0.1) is 0 Å². The molecule has 0 amide bonds. The lowest BCUT2D eigenvalue weighted by Gasteiger charge is -2.26. The SMILES string of the molecule is c1ccc(-c2ccc(N(c3ccc(-c4cccc(-c5ccc(-n6c7ccccc7c7ccccc76)cc5)c4)cc3)c3ccc(-c4ccc5c(c4)oc4ccccc45)cc3)cc2)cc1.c1ccc(-c2cccc(N(c3ccc(-c4cccc(-c5ccc(-n6c7ccccc7c7ccccc76)cc5)c4)cc3)c3ccc(-c4ccc5c(c4)oc4ccccc45)cc3)c2)cc1. The van der Waals surface area contributed by atoms with Gasteiger partial charge in [-0.2, -0.15) is 0 Å². The predicted octanol–water partition coefficient (Wildman–Crippen LogP) is 33.6. The lowest BCUT2D eigenvalue weighted by molar-refractivity contribution is 0.668. The van der Waals surface area contributed by atoms with Crippen LogP contribution in [0.25, 0.3) is 188 Å². The Labute approximate surface area is 730 Å². The monoisotopic (exact) mass is 1610 g/mol. The van der Waals surface area contributed by atoms with Crippen LogP contribution in [0.3, 0.4) is 0 Å². The van der Waals surface area contributed by atoms with Crippen LogP contribution in [0.2, 0.25) is 0 Å². The third kappa shape index (κ3) is 13.9. The Morgan fingerprint density at radius 2 is 0.357 bits per heavy atom. The number of hydrogen-bond acceptors (Lipinski definition) is 4. The molecule has 0 spiro atoms. The molecular weight excluding hydrogens is 1530 g/mol. The summed E-state index contributed by atoms with van der Waals surface area (Å²) in [4.78, 5) is 4.68. The first-order valence-corrected chi connectivity index (χ1v) is 43.0. The molecular formula is C120H80N4O2. The second kappa shape index (κ2) is 32.0. The van der Waals surface area contributed by atoms with Crippen LogP contribution < -0.4 is 9.80 Å². The molecule has 24 aromatic rings. The van der Waals surface area contributed by atoms with E-state index in [1.54, 1.807) is 0 Å². The minimum Gasteiger partial charge on any atom is -0.456 e. The number of anilines is 6. The Morgan fingerprint density at radius 1 is 0.135 bits per heavy atom. The van der Waals surface area contributed by atoms with Crippen molar-refractivity contribution in [2.24, 2.45) is 0 Å². The summed E-state index contributed by atoms with van der Waals surface area (Å²) in [6.45, 7) is 0. The van der Waals surface area contributed by atoms with Crippen LogP contribution in [0.4, 0.5) is 34.1 Å². The van der Waals surface area contributed by atoms with Crippen molar-refractivity contribution in [3.05, 3.63) is 485 Å². The standard InChI is InChI=1S/2C60H40N2O/c1-2-12-41(13-3-1)47-16-11-17-52(39-47)61(50-33-26-44(27-34-50)48-30-37-56-55-20-6-9-23-59(55)63-60(56)40-48)49-31-24-42(25-32-49)45-14-10-15-46(38-45)43-28-35-51(36-29-43)62-57-21-7-4-18-53(57)54-19-5-8-22-58(54)62;1-2-11-41(12-3-1)42-21-30-49(31-22-42)61(51-34-25-45(26-35-51)48-29-38-56-55-17-6-9-20-59(55)63-60(56)40-48)50-32-23-43(24-33-50)46-13-10-14-47(39-46)44-27-36-52(37-28-44)62-57-18-7-4-15-53(57)54-16-5-8-19-58(54)62/h2*1-40H. The topological polar surface area (TPSA) is 42.6 Å². The maximum absolute atomic E-state index is 6.24. The van der Waals surface area contributed by atoms with Gasteiger partial charge in [0.15, 0.2) is 0 Å². The van der Waals surface area contributed by atoms with Gasteiger partial charge < -0.3 is 27.8 Å². The van der Waals surface area contributed by atoms with Crippen molar-refractivity contribution in [3.63, 3.8) is 0 Å². The number of benzene rings is 20. The molecule has 0 unspecified atom stereocenters. The summed E-state index contributed by atoms with van der Waals surface area (Å²) < 4.78 is 17.2. The fraction of sp³-hybridized carbons (Fsp3) is 0. The molecule has 20 aromatic carbocycles. The van der Waals surface area contributed by atoms with E-state index in [0.29, 0.717) is 0 Å². The van der Waals surface area contributed by atoms with Crippen molar-refractivity contribution in [1.29, 1.82) is 0 Å². The number of furan rings is 2. The maximum Gasteiger partial charge on any atom is 0.136 e. The highest BCUT2D eigenvalue weighted by molar-refractivity contribution is 6.11. The van der Waals surface area contributed by atoms with Gasteiger partial charge >= 0.3 is 0 Å². The number of para-hydroxylation sites is 6. The molecule has 0 saturated heterocycles. The maximum atomic E-state index is 6.24. The molecule has 0 radical (unpaired) electrons. The van der Waals surface area contributed by atoms with E-state index in [-0.39, 0.29) is 0 Å². The third-order valence-electron chi connectivity index (χ3n) is 24.8. The van der Waals surface area contributed by atoms with Gasteiger partial charge in [0.2, 0.25) is 0 Å². The van der Waals surface area contributed by atoms with E-state index in [1.165, 1.54) is 105 Å². The number of fused-ring (bicyclic) bond motifs is 12. The molecule has 6 heteroatoms. The molecule has 126 heavy (non-hydrogen) atoms. The van der Waals surface area contributed by atoms with E-state index in [1.807, 2.05) is 24.3 Å². The highest BCUT2D eigenvalue weighted by Crippen LogP contribution is 2.45. The van der Waals surface area contributed by atoms with E-state index in [2.05, 4.69) is 480 Å². The Hall–Kier alpha value is -16.8. The zero-order chi connectivity index (χ0) is 83.4. The highest BCUT2D eigenvalue weighted by Gasteiger charge is 2.21. The highest BCUT2D eigenvalue weighted by atomic mass is 16.3. The fourth-order valence-corrected chi connectivity index (χ4v) is 18.6. The van der Waals surface area contributed by atoms with Crippen molar-refractivity contribution in [3.8, 4) is 100 Å². The zero-order valence-corrected chi connectivity index (χ0v) is 68.8. The van der Waals surface area contributed by atoms with Crippen LogP contribution in [-0.2, 0) is 0 Å². The van der Waals surface area contributed by atoms with Crippen molar-refractivity contribution in [2.45, 2.75) is 0 Å². The zero-order valence-electron chi connectivity index (χ0n) is 68.8. The summed E-state index contributed by atoms with van der Waals surface area (Å²) in [6.07, 6.45) is 0. The molecule has 24 rings (SSSR count). The predicted molar refractivity (Wildman–Crippen MR) is 529 cm³/mol. The van der Waals surface area contributed by atoms with Gasteiger partial charge in [-0.05, 0) is 259 Å². The van der Waals surface area contributed by atoms with Crippen molar-refractivity contribution in [1.82, 2.24) is 9.13 Å². The number of nitrogens with zero attached hydrogens (tertiary/aromatic N) is 4. The largest absolute Gasteiger partial charge is 0.456 e. The van der Waals surface area contributed by atoms with Gasteiger partial charge in [0.05, 0.1) is 22.1 Å². The smallest absolute Gasteiger partial charge is 0.136 e. The summed E-state index contributed by atoms with van der Waals surface area (Å²) in [5.41, 5.74) is 36.0. The summed E-state index contributed by atoms with van der Waals surface area (Å²) in [7, 11) is 0. The molecule has 4 heterocycles. The average Bonchev–Trinajstić information content (AvgIpc) is 1.60.